The summed E-state index contributed by atoms with van der Waals surface area (Å²) < 4.78 is 34.0. The standard InChI is InChI=1S/C45H78NO6P/c1-37(2)17-11-19-39(5)21-13-23-41(7)25-15-27-43(9)29-32-49-35-45(36-52-53(47,48)51-34-31-46)50-33-30-44(10)28-16-26-42(8)24-14-22-40(6)20-12-18-38(3)4/h17-18,21-22,25-26,29-30,45H,11-16,19-20,23-24,27-28,31-36,46H2,1-10H3,(H,47,48)/b39-21+,40-22+,41-25+,42-26+,43-29+,44-30+/t45-/m0/s1. The van der Waals surface area contributed by atoms with Crippen molar-refractivity contribution in [3.05, 3.63) is 93.2 Å². The van der Waals surface area contributed by atoms with E-state index in [0.717, 1.165) is 77.0 Å². The van der Waals surface area contributed by atoms with E-state index in [1.165, 1.54) is 44.6 Å². The molecule has 0 amide bonds. The molecule has 0 aliphatic heterocycles. The number of rotatable bonds is 31. The first kappa shape index (κ1) is 50.9. The van der Waals surface area contributed by atoms with E-state index in [0.29, 0.717) is 19.8 Å². The monoisotopic (exact) mass is 760 g/mol. The Morgan fingerprint density at radius 2 is 0.887 bits per heavy atom. The fourth-order valence-corrected chi connectivity index (χ4v) is 6.01. The van der Waals surface area contributed by atoms with Crippen LogP contribution in [0.2, 0.25) is 0 Å². The summed E-state index contributed by atoms with van der Waals surface area (Å²) in [6.07, 6.45) is 30.3. The highest BCUT2D eigenvalue weighted by molar-refractivity contribution is 7.45. The van der Waals surface area contributed by atoms with Crippen LogP contribution in [0.5, 0.6) is 0 Å². The summed E-state index contributed by atoms with van der Waals surface area (Å²) >= 11 is 0. The van der Waals surface area contributed by atoms with Gasteiger partial charge in [-0.3, -0.25) is 4.57 Å². The molecule has 1 unspecified atom stereocenters. The second kappa shape index (κ2) is 32.2. The Bertz CT molecular complexity index is 1290. The molecule has 304 valence electrons. The maximum absolute atomic E-state index is 12.1. The average molecular weight is 760 g/mol. The molecule has 0 bridgehead atoms. The first-order chi connectivity index (χ1) is 25.1. The van der Waals surface area contributed by atoms with Crippen LogP contribution in [0, 0.1) is 0 Å². The third kappa shape index (κ3) is 34.2. The first-order valence-corrected chi connectivity index (χ1v) is 21.4. The van der Waals surface area contributed by atoms with Gasteiger partial charge in [-0.1, -0.05) is 93.2 Å². The second-order valence-electron chi connectivity index (χ2n) is 15.0. The lowest BCUT2D eigenvalue weighted by atomic mass is 10.0. The molecular formula is C45H78NO6P. The molecule has 7 nitrogen and oxygen atoms in total. The molecule has 0 aromatic rings. The van der Waals surface area contributed by atoms with E-state index in [1.807, 2.05) is 6.08 Å². The van der Waals surface area contributed by atoms with Gasteiger partial charge in [0.1, 0.15) is 12.7 Å². The summed E-state index contributed by atoms with van der Waals surface area (Å²) in [5, 5.41) is 0. The lowest BCUT2D eigenvalue weighted by Crippen LogP contribution is -2.52. The van der Waals surface area contributed by atoms with Gasteiger partial charge in [0.15, 0.2) is 0 Å². The molecule has 0 heterocycles. The van der Waals surface area contributed by atoms with Crippen LogP contribution in [0.1, 0.15) is 146 Å². The van der Waals surface area contributed by atoms with Gasteiger partial charge in [0.25, 0.3) is 7.82 Å². The summed E-state index contributed by atoms with van der Waals surface area (Å²) in [6, 6.07) is 0. The Morgan fingerprint density at radius 3 is 1.26 bits per heavy atom. The van der Waals surface area contributed by atoms with Gasteiger partial charge in [-0.15, -0.1) is 0 Å². The molecule has 8 heteroatoms. The number of phosphoric ester groups is 1. The van der Waals surface area contributed by atoms with E-state index in [-0.39, 0.29) is 19.8 Å². The van der Waals surface area contributed by atoms with Gasteiger partial charge in [-0.25, -0.2) is 0 Å². The Morgan fingerprint density at radius 1 is 0.528 bits per heavy atom. The minimum Gasteiger partial charge on any atom is -0.756 e. The molecule has 0 spiro atoms. The number of quaternary nitrogens is 1. The van der Waals surface area contributed by atoms with Crippen molar-refractivity contribution in [3.63, 3.8) is 0 Å². The van der Waals surface area contributed by atoms with Gasteiger partial charge in [-0.05, 0) is 146 Å². The predicted octanol–water partition coefficient (Wildman–Crippen LogP) is 11.4. The Balaban J connectivity index is 4.82. The third-order valence-corrected chi connectivity index (χ3v) is 9.70. The van der Waals surface area contributed by atoms with E-state index in [4.69, 9.17) is 18.5 Å². The molecule has 0 rings (SSSR count). The molecule has 0 radical (unpaired) electrons. The molecule has 0 saturated carbocycles. The number of hydrogen-bond acceptors (Lipinski definition) is 6. The quantitative estimate of drug-likeness (QED) is 0.0429. The van der Waals surface area contributed by atoms with Crippen LogP contribution in [0.3, 0.4) is 0 Å². The van der Waals surface area contributed by atoms with E-state index in [2.05, 4.69) is 118 Å². The maximum atomic E-state index is 12.1. The van der Waals surface area contributed by atoms with E-state index in [1.54, 1.807) is 0 Å². The van der Waals surface area contributed by atoms with E-state index < -0.39 is 13.9 Å². The molecule has 0 saturated heterocycles. The SMILES string of the molecule is CC(C)=CCC/C(C)=C/CC/C(C)=C/CC/C(C)=C/COC[C@@H](COP(=O)([O-])OCC[NH3+])OC/C=C(\C)CC/C=C(\C)CC/C=C(\C)CCC=C(C)C. The molecule has 3 N–H and O–H groups in total. The van der Waals surface area contributed by atoms with E-state index >= 15 is 0 Å². The predicted molar refractivity (Wildman–Crippen MR) is 225 cm³/mol. The Hall–Kier alpha value is -2.09. The highest BCUT2D eigenvalue weighted by Crippen LogP contribution is 2.38. The van der Waals surface area contributed by atoms with Crippen molar-refractivity contribution in [2.24, 2.45) is 0 Å². The fourth-order valence-electron chi connectivity index (χ4n) is 5.23. The van der Waals surface area contributed by atoms with Gasteiger partial charge in [0.2, 0.25) is 0 Å². The molecular weight excluding hydrogens is 681 g/mol. The van der Waals surface area contributed by atoms with Crippen LogP contribution in [-0.2, 0) is 23.1 Å². The normalized spacial score (nSPS) is 15.4. The number of ether oxygens (including phenoxy) is 2. The molecule has 53 heavy (non-hydrogen) atoms. The van der Waals surface area contributed by atoms with Gasteiger partial charge < -0.3 is 29.1 Å². The van der Waals surface area contributed by atoms with Crippen LogP contribution in [0.15, 0.2) is 93.2 Å². The highest BCUT2D eigenvalue weighted by atomic mass is 31.2. The van der Waals surface area contributed by atoms with Crippen molar-refractivity contribution in [2.75, 3.05) is 39.6 Å². The van der Waals surface area contributed by atoms with Crippen molar-refractivity contribution < 1.29 is 33.7 Å². The summed E-state index contributed by atoms with van der Waals surface area (Å²) in [5.41, 5.74) is 14.6. The van der Waals surface area contributed by atoms with Crippen molar-refractivity contribution in [1.29, 1.82) is 0 Å². The lowest BCUT2D eigenvalue weighted by Gasteiger charge is -2.25. The third-order valence-electron chi connectivity index (χ3n) is 8.74. The van der Waals surface area contributed by atoms with Crippen molar-refractivity contribution >= 4 is 7.82 Å². The molecule has 0 fully saturated rings. The molecule has 0 aromatic heterocycles. The minimum absolute atomic E-state index is 0.0159. The molecule has 0 aromatic carbocycles. The summed E-state index contributed by atoms with van der Waals surface area (Å²) in [5.74, 6) is 0. The Labute approximate surface area is 325 Å². The Kier molecular flexibility index (Phi) is 30.9. The van der Waals surface area contributed by atoms with Gasteiger partial charge in [-0.2, -0.15) is 0 Å². The maximum Gasteiger partial charge on any atom is 0.268 e. The molecule has 2 atom stereocenters. The summed E-state index contributed by atoms with van der Waals surface area (Å²) in [7, 11) is -4.43. The fraction of sp³-hybridized carbons (Fsp3) is 0.644. The zero-order valence-electron chi connectivity index (χ0n) is 35.5. The number of allylic oxidation sites excluding steroid dienone is 14. The van der Waals surface area contributed by atoms with E-state index in [9.17, 15) is 9.46 Å². The number of phosphoric acid groups is 1. The smallest absolute Gasteiger partial charge is 0.268 e. The topological polar surface area (TPSA) is 105 Å². The minimum atomic E-state index is -4.43. The summed E-state index contributed by atoms with van der Waals surface area (Å²) in [4.78, 5) is 12.1. The van der Waals surface area contributed by atoms with Gasteiger partial charge in [0, 0.05) is 0 Å². The molecule has 0 aliphatic carbocycles. The zero-order chi connectivity index (χ0) is 39.9. The average Bonchev–Trinajstić information content (AvgIpc) is 3.07. The van der Waals surface area contributed by atoms with Crippen molar-refractivity contribution in [2.45, 2.75) is 152 Å². The lowest BCUT2D eigenvalue weighted by molar-refractivity contribution is -0.373. The number of hydrogen-bond donors (Lipinski definition) is 1. The van der Waals surface area contributed by atoms with Crippen molar-refractivity contribution in [3.8, 4) is 0 Å². The second-order valence-corrected chi connectivity index (χ2v) is 16.4. The molecule has 0 aliphatic rings. The van der Waals surface area contributed by atoms with Crippen LogP contribution < -0.4 is 10.6 Å². The van der Waals surface area contributed by atoms with Gasteiger partial charge >= 0.3 is 0 Å². The van der Waals surface area contributed by atoms with Gasteiger partial charge in [0.05, 0.1) is 33.0 Å². The highest BCUT2D eigenvalue weighted by Gasteiger charge is 2.16. The first-order valence-electron chi connectivity index (χ1n) is 19.9. The van der Waals surface area contributed by atoms with Crippen LogP contribution in [0.4, 0.5) is 0 Å². The largest absolute Gasteiger partial charge is 0.756 e. The van der Waals surface area contributed by atoms with Crippen LogP contribution >= 0.6 is 7.82 Å². The van der Waals surface area contributed by atoms with Crippen LogP contribution in [0.25, 0.3) is 0 Å². The summed E-state index contributed by atoms with van der Waals surface area (Å²) in [6.45, 7) is 22.8. The van der Waals surface area contributed by atoms with Crippen molar-refractivity contribution in [1.82, 2.24) is 0 Å². The van der Waals surface area contributed by atoms with Crippen LogP contribution in [-0.4, -0.2) is 45.7 Å². The zero-order valence-corrected chi connectivity index (χ0v) is 36.4.